The third-order valence-electron chi connectivity index (χ3n) is 4.49. The molecule has 1 fully saturated rings. The largest absolute Gasteiger partial charge is 0.369 e. The van der Waals surface area contributed by atoms with Gasteiger partial charge in [0.1, 0.15) is 0 Å². The predicted octanol–water partition coefficient (Wildman–Crippen LogP) is 2.34. The first-order chi connectivity index (χ1) is 11.3. The van der Waals surface area contributed by atoms with Crippen molar-refractivity contribution in [1.29, 1.82) is 0 Å². The van der Waals surface area contributed by atoms with E-state index in [1.165, 1.54) is 11.3 Å². The summed E-state index contributed by atoms with van der Waals surface area (Å²) in [5.41, 5.74) is 2.68. The minimum Gasteiger partial charge on any atom is -0.369 e. The molecular weight excluding hydrogens is 284 g/mol. The monoisotopic (exact) mass is 310 g/mol. The lowest BCUT2D eigenvalue weighted by atomic mass is 10.2. The van der Waals surface area contributed by atoms with Crippen molar-refractivity contribution in [3.05, 3.63) is 60.4 Å². The second-order valence-corrected chi connectivity index (χ2v) is 6.26. The summed E-state index contributed by atoms with van der Waals surface area (Å²) in [6.45, 7) is 7.78. The van der Waals surface area contributed by atoms with Crippen molar-refractivity contribution < 1.29 is 0 Å². The first kappa shape index (κ1) is 16.0. The van der Waals surface area contributed by atoms with Gasteiger partial charge in [0.2, 0.25) is 0 Å². The molecule has 1 aliphatic heterocycles. The highest BCUT2D eigenvalue weighted by Gasteiger charge is 2.17. The minimum absolute atomic E-state index is 1.03. The number of pyridine rings is 1. The smallest absolute Gasteiger partial charge is 0.0397 e. The Morgan fingerprint density at radius 2 is 1.65 bits per heavy atom. The number of rotatable bonds is 6. The zero-order valence-electron chi connectivity index (χ0n) is 13.9. The molecule has 0 unspecified atom stereocenters. The van der Waals surface area contributed by atoms with Crippen molar-refractivity contribution in [2.45, 2.75) is 6.54 Å². The van der Waals surface area contributed by atoms with E-state index in [0.717, 1.165) is 45.8 Å². The van der Waals surface area contributed by atoms with E-state index >= 15 is 0 Å². The summed E-state index contributed by atoms with van der Waals surface area (Å²) >= 11 is 0. The SMILES string of the molecule is CN(CCN1CCN(c2ccncc2)CC1)Cc1ccccc1. The van der Waals surface area contributed by atoms with Gasteiger partial charge in [-0.05, 0) is 24.7 Å². The fraction of sp³-hybridized carbons (Fsp3) is 0.421. The van der Waals surface area contributed by atoms with Gasteiger partial charge in [-0.1, -0.05) is 30.3 Å². The maximum atomic E-state index is 4.10. The van der Waals surface area contributed by atoms with Gasteiger partial charge in [0, 0.05) is 63.9 Å². The molecule has 0 spiro atoms. The summed E-state index contributed by atoms with van der Waals surface area (Å²) in [6.07, 6.45) is 3.75. The molecule has 1 aliphatic rings. The van der Waals surface area contributed by atoms with Gasteiger partial charge in [-0.15, -0.1) is 0 Å². The summed E-state index contributed by atoms with van der Waals surface area (Å²) in [5, 5.41) is 0. The molecule has 0 saturated carbocycles. The van der Waals surface area contributed by atoms with Gasteiger partial charge in [-0.25, -0.2) is 0 Å². The average Bonchev–Trinajstić information content (AvgIpc) is 2.62. The molecule has 4 heteroatoms. The van der Waals surface area contributed by atoms with Crippen LogP contribution in [0.4, 0.5) is 5.69 Å². The van der Waals surface area contributed by atoms with Gasteiger partial charge < -0.3 is 9.80 Å². The van der Waals surface area contributed by atoms with E-state index in [1.807, 2.05) is 12.4 Å². The Kier molecular flexibility index (Phi) is 5.61. The Morgan fingerprint density at radius 3 is 2.35 bits per heavy atom. The lowest BCUT2D eigenvalue weighted by molar-refractivity contribution is 0.212. The van der Waals surface area contributed by atoms with Crippen LogP contribution in [0.3, 0.4) is 0 Å². The highest BCUT2D eigenvalue weighted by molar-refractivity contribution is 5.44. The average molecular weight is 310 g/mol. The summed E-state index contributed by atoms with van der Waals surface area (Å²) < 4.78 is 0. The Hall–Kier alpha value is -1.91. The van der Waals surface area contributed by atoms with Crippen molar-refractivity contribution in [2.24, 2.45) is 0 Å². The van der Waals surface area contributed by atoms with Crippen LogP contribution in [-0.2, 0) is 6.54 Å². The Morgan fingerprint density at radius 1 is 0.957 bits per heavy atom. The maximum Gasteiger partial charge on any atom is 0.0397 e. The van der Waals surface area contributed by atoms with Gasteiger partial charge in [0.15, 0.2) is 0 Å². The molecule has 3 rings (SSSR count). The molecule has 1 saturated heterocycles. The number of anilines is 1. The third kappa shape index (κ3) is 4.78. The third-order valence-corrected chi connectivity index (χ3v) is 4.49. The highest BCUT2D eigenvalue weighted by Crippen LogP contribution is 2.14. The van der Waals surface area contributed by atoms with Crippen LogP contribution in [0.25, 0.3) is 0 Å². The van der Waals surface area contributed by atoms with Crippen LogP contribution in [0, 0.1) is 0 Å². The second-order valence-electron chi connectivity index (χ2n) is 6.26. The zero-order chi connectivity index (χ0) is 15.9. The Bertz CT molecular complexity index is 564. The van der Waals surface area contributed by atoms with Crippen LogP contribution in [0.2, 0.25) is 0 Å². The number of likely N-dealkylation sites (N-methyl/N-ethyl adjacent to an activating group) is 1. The fourth-order valence-electron chi connectivity index (χ4n) is 3.07. The highest BCUT2D eigenvalue weighted by atomic mass is 15.3. The molecule has 0 aliphatic carbocycles. The summed E-state index contributed by atoms with van der Waals surface area (Å²) in [5.74, 6) is 0. The topological polar surface area (TPSA) is 22.6 Å². The quantitative estimate of drug-likeness (QED) is 0.817. The van der Waals surface area contributed by atoms with E-state index in [4.69, 9.17) is 0 Å². The molecule has 0 radical (unpaired) electrons. The maximum absolute atomic E-state index is 4.10. The van der Waals surface area contributed by atoms with Crippen molar-refractivity contribution in [2.75, 3.05) is 51.2 Å². The van der Waals surface area contributed by atoms with E-state index in [-0.39, 0.29) is 0 Å². The van der Waals surface area contributed by atoms with Crippen LogP contribution in [-0.4, -0.2) is 61.1 Å². The summed E-state index contributed by atoms with van der Waals surface area (Å²) in [6, 6.07) is 14.9. The van der Waals surface area contributed by atoms with Crippen LogP contribution >= 0.6 is 0 Å². The molecule has 1 aromatic carbocycles. The van der Waals surface area contributed by atoms with Crippen molar-refractivity contribution in [1.82, 2.24) is 14.8 Å². The molecule has 0 bridgehead atoms. The number of nitrogens with zero attached hydrogens (tertiary/aromatic N) is 4. The first-order valence-electron chi connectivity index (χ1n) is 8.41. The lowest BCUT2D eigenvalue weighted by Crippen LogP contribution is -2.48. The first-order valence-corrected chi connectivity index (χ1v) is 8.41. The van der Waals surface area contributed by atoms with Gasteiger partial charge in [-0.2, -0.15) is 0 Å². The molecule has 0 amide bonds. The normalized spacial score (nSPS) is 16.0. The number of hydrogen-bond donors (Lipinski definition) is 0. The van der Waals surface area contributed by atoms with Crippen molar-refractivity contribution in [3.8, 4) is 0 Å². The van der Waals surface area contributed by atoms with Crippen LogP contribution in [0.5, 0.6) is 0 Å². The molecule has 4 nitrogen and oxygen atoms in total. The fourth-order valence-corrected chi connectivity index (χ4v) is 3.07. The minimum atomic E-state index is 1.03. The Labute approximate surface area is 139 Å². The van der Waals surface area contributed by atoms with E-state index in [2.05, 4.69) is 69.2 Å². The Balaban J connectivity index is 1.39. The lowest BCUT2D eigenvalue weighted by Gasteiger charge is -2.36. The van der Waals surface area contributed by atoms with Gasteiger partial charge in [-0.3, -0.25) is 9.88 Å². The van der Waals surface area contributed by atoms with Gasteiger partial charge in [0.05, 0.1) is 0 Å². The van der Waals surface area contributed by atoms with Gasteiger partial charge in [0.25, 0.3) is 0 Å². The summed E-state index contributed by atoms with van der Waals surface area (Å²) in [4.78, 5) is 11.5. The molecule has 0 N–H and O–H groups in total. The summed E-state index contributed by atoms with van der Waals surface area (Å²) in [7, 11) is 2.21. The molecule has 23 heavy (non-hydrogen) atoms. The molecule has 2 aromatic rings. The number of aromatic nitrogens is 1. The zero-order valence-corrected chi connectivity index (χ0v) is 13.9. The molecule has 2 heterocycles. The van der Waals surface area contributed by atoms with E-state index < -0.39 is 0 Å². The number of hydrogen-bond acceptors (Lipinski definition) is 4. The van der Waals surface area contributed by atoms with Crippen LogP contribution in [0.1, 0.15) is 5.56 Å². The molecule has 0 atom stereocenters. The predicted molar refractivity (Wildman–Crippen MR) is 95.7 cm³/mol. The second kappa shape index (κ2) is 8.09. The molecule has 1 aromatic heterocycles. The van der Waals surface area contributed by atoms with Crippen LogP contribution < -0.4 is 4.90 Å². The van der Waals surface area contributed by atoms with E-state index in [1.54, 1.807) is 0 Å². The number of benzene rings is 1. The van der Waals surface area contributed by atoms with Gasteiger partial charge >= 0.3 is 0 Å². The van der Waals surface area contributed by atoms with E-state index in [0.29, 0.717) is 0 Å². The standard InChI is InChI=1S/C19H26N4/c1-21(17-18-5-3-2-4-6-18)11-12-22-13-15-23(16-14-22)19-7-9-20-10-8-19/h2-10H,11-17H2,1H3. The van der Waals surface area contributed by atoms with Crippen molar-refractivity contribution >= 4 is 5.69 Å². The molecular formula is C19H26N4. The van der Waals surface area contributed by atoms with Crippen molar-refractivity contribution in [3.63, 3.8) is 0 Å². The van der Waals surface area contributed by atoms with Crippen LogP contribution in [0.15, 0.2) is 54.9 Å². The molecule has 122 valence electrons. The van der Waals surface area contributed by atoms with E-state index in [9.17, 15) is 0 Å². The number of piperazine rings is 1.